The summed E-state index contributed by atoms with van der Waals surface area (Å²) in [7, 11) is 0. The maximum Gasteiger partial charge on any atom is 0.136 e. The van der Waals surface area contributed by atoms with E-state index in [9.17, 15) is 10.0 Å². The minimum Gasteiger partial charge on any atom is -0.313 e. The van der Waals surface area contributed by atoms with Crippen molar-refractivity contribution in [2.75, 3.05) is 0 Å². The number of rotatable bonds is 0. The molecule has 0 amide bonds. The van der Waals surface area contributed by atoms with Gasteiger partial charge in [0, 0.05) is 24.9 Å². The molecular formula is C8H13NO2. The summed E-state index contributed by atoms with van der Waals surface area (Å²) in [6.45, 7) is 0. The van der Waals surface area contributed by atoms with E-state index in [-0.39, 0.29) is 12.1 Å². The standard InChI is InChI=1S/C8H13NO2/c10-8-4-6-2-1-3-7(5-8)9(6)11/h6-7,11H,1-5H2/t6-,7-/m0/s1. The van der Waals surface area contributed by atoms with Crippen molar-refractivity contribution >= 4 is 5.78 Å². The highest BCUT2D eigenvalue weighted by Gasteiger charge is 2.36. The third-order valence-electron chi connectivity index (χ3n) is 2.75. The molecule has 2 bridgehead atoms. The number of hydroxylamine groups is 2. The maximum atomic E-state index is 11.1. The van der Waals surface area contributed by atoms with Crippen LogP contribution in [0.4, 0.5) is 0 Å². The Morgan fingerprint density at radius 3 is 2.36 bits per heavy atom. The molecule has 0 unspecified atom stereocenters. The van der Waals surface area contributed by atoms with Gasteiger partial charge in [0.15, 0.2) is 0 Å². The van der Waals surface area contributed by atoms with Crippen LogP contribution in [0.3, 0.4) is 0 Å². The smallest absolute Gasteiger partial charge is 0.136 e. The molecule has 3 heteroatoms. The molecule has 0 spiro atoms. The Morgan fingerprint density at radius 1 is 1.27 bits per heavy atom. The Labute approximate surface area is 66.0 Å². The highest BCUT2D eigenvalue weighted by Crippen LogP contribution is 2.30. The van der Waals surface area contributed by atoms with E-state index < -0.39 is 0 Å². The molecule has 62 valence electrons. The number of carbonyl (C=O) groups is 1. The summed E-state index contributed by atoms with van der Waals surface area (Å²) in [5.74, 6) is 0.324. The molecule has 2 rings (SSSR count). The summed E-state index contributed by atoms with van der Waals surface area (Å²) in [5, 5.41) is 10.9. The van der Waals surface area contributed by atoms with Gasteiger partial charge >= 0.3 is 0 Å². The molecule has 0 aromatic heterocycles. The molecule has 2 saturated heterocycles. The van der Waals surface area contributed by atoms with Crippen molar-refractivity contribution in [2.24, 2.45) is 0 Å². The molecule has 0 radical (unpaired) electrons. The minimum absolute atomic E-state index is 0.134. The largest absolute Gasteiger partial charge is 0.313 e. The first-order valence-corrected chi connectivity index (χ1v) is 4.26. The molecule has 3 nitrogen and oxygen atoms in total. The first-order chi connectivity index (χ1) is 5.27. The fourth-order valence-corrected chi connectivity index (χ4v) is 2.15. The van der Waals surface area contributed by atoms with Gasteiger partial charge in [0.2, 0.25) is 0 Å². The van der Waals surface area contributed by atoms with Crippen LogP contribution in [0.1, 0.15) is 32.1 Å². The third-order valence-corrected chi connectivity index (χ3v) is 2.75. The van der Waals surface area contributed by atoms with E-state index in [4.69, 9.17) is 0 Å². The van der Waals surface area contributed by atoms with Crippen LogP contribution in [0.5, 0.6) is 0 Å². The van der Waals surface area contributed by atoms with Crippen molar-refractivity contribution in [3.63, 3.8) is 0 Å². The molecule has 2 fully saturated rings. The fraction of sp³-hybridized carbons (Fsp3) is 0.875. The molecular weight excluding hydrogens is 142 g/mol. The number of hydrogen-bond donors (Lipinski definition) is 1. The van der Waals surface area contributed by atoms with Crippen molar-refractivity contribution in [3.05, 3.63) is 0 Å². The number of carbonyl (C=O) groups excluding carboxylic acids is 1. The van der Waals surface area contributed by atoms with Crippen LogP contribution in [-0.4, -0.2) is 28.1 Å². The van der Waals surface area contributed by atoms with E-state index in [0.717, 1.165) is 12.8 Å². The molecule has 0 saturated carbocycles. The lowest BCUT2D eigenvalue weighted by Gasteiger charge is -2.40. The van der Waals surface area contributed by atoms with Crippen molar-refractivity contribution in [1.29, 1.82) is 0 Å². The van der Waals surface area contributed by atoms with Gasteiger partial charge in [-0.15, -0.1) is 0 Å². The Hall–Kier alpha value is -0.410. The number of ketones is 1. The first kappa shape index (κ1) is 7.25. The zero-order valence-electron chi connectivity index (χ0n) is 6.49. The second-order valence-corrected chi connectivity index (χ2v) is 3.57. The summed E-state index contributed by atoms with van der Waals surface area (Å²) < 4.78 is 0. The predicted molar refractivity (Wildman–Crippen MR) is 39.3 cm³/mol. The third kappa shape index (κ3) is 1.19. The van der Waals surface area contributed by atoms with E-state index in [2.05, 4.69) is 0 Å². The normalized spacial score (nSPS) is 39.2. The van der Waals surface area contributed by atoms with Crippen LogP contribution in [0.25, 0.3) is 0 Å². The first-order valence-electron chi connectivity index (χ1n) is 4.26. The molecule has 1 N–H and O–H groups in total. The zero-order valence-corrected chi connectivity index (χ0v) is 6.49. The second kappa shape index (κ2) is 2.57. The lowest BCUT2D eigenvalue weighted by Crippen LogP contribution is -2.50. The zero-order chi connectivity index (χ0) is 7.84. The van der Waals surface area contributed by atoms with Gasteiger partial charge in [-0.1, -0.05) is 6.42 Å². The lowest BCUT2D eigenvalue weighted by atomic mass is 9.86. The Balaban J connectivity index is 2.12. The maximum absolute atomic E-state index is 11.1. The lowest BCUT2D eigenvalue weighted by molar-refractivity contribution is -0.194. The number of piperidine rings is 2. The second-order valence-electron chi connectivity index (χ2n) is 3.57. The summed E-state index contributed by atoms with van der Waals surface area (Å²) in [5.41, 5.74) is 0. The van der Waals surface area contributed by atoms with Crippen molar-refractivity contribution in [1.82, 2.24) is 5.06 Å². The SMILES string of the molecule is O=C1C[C@@H]2CCC[C@@H](C1)N2O. The van der Waals surface area contributed by atoms with Gasteiger partial charge in [0.05, 0.1) is 0 Å². The van der Waals surface area contributed by atoms with Gasteiger partial charge < -0.3 is 5.21 Å². The summed E-state index contributed by atoms with van der Waals surface area (Å²) in [4.78, 5) is 11.1. The molecule has 2 aliphatic heterocycles. The number of hydrogen-bond acceptors (Lipinski definition) is 3. The van der Waals surface area contributed by atoms with Gasteiger partial charge in [-0.05, 0) is 12.8 Å². The Kier molecular flexibility index (Phi) is 1.69. The van der Waals surface area contributed by atoms with Gasteiger partial charge in [-0.3, -0.25) is 4.79 Å². The van der Waals surface area contributed by atoms with Crippen molar-refractivity contribution in [3.8, 4) is 0 Å². The van der Waals surface area contributed by atoms with Crippen LogP contribution < -0.4 is 0 Å². The topological polar surface area (TPSA) is 40.5 Å². The average Bonchev–Trinajstić information content (AvgIpc) is 1.92. The average molecular weight is 155 g/mol. The number of fused-ring (bicyclic) bond motifs is 2. The number of nitrogens with zero attached hydrogens (tertiary/aromatic N) is 1. The van der Waals surface area contributed by atoms with Crippen molar-refractivity contribution in [2.45, 2.75) is 44.2 Å². The summed E-state index contributed by atoms with van der Waals surface area (Å²) in [6, 6.07) is 0.269. The molecule has 2 atom stereocenters. The van der Waals surface area contributed by atoms with E-state index in [1.807, 2.05) is 0 Å². The highest BCUT2D eigenvalue weighted by molar-refractivity contribution is 5.80. The Bertz CT molecular complexity index is 165. The highest BCUT2D eigenvalue weighted by atomic mass is 16.5. The minimum atomic E-state index is 0.134. The monoisotopic (exact) mass is 155 g/mol. The van der Waals surface area contributed by atoms with Crippen LogP contribution in [0.2, 0.25) is 0 Å². The van der Waals surface area contributed by atoms with Gasteiger partial charge in [0.1, 0.15) is 5.78 Å². The van der Waals surface area contributed by atoms with Crippen LogP contribution in [0.15, 0.2) is 0 Å². The Morgan fingerprint density at radius 2 is 1.82 bits per heavy atom. The number of Topliss-reactive ketones (excluding diaryl/α,β-unsaturated/α-hetero) is 1. The fourth-order valence-electron chi connectivity index (χ4n) is 2.15. The van der Waals surface area contributed by atoms with E-state index in [1.54, 1.807) is 0 Å². The van der Waals surface area contributed by atoms with Gasteiger partial charge in [-0.2, -0.15) is 5.06 Å². The molecule has 2 aliphatic rings. The van der Waals surface area contributed by atoms with Crippen LogP contribution in [0, 0.1) is 0 Å². The summed E-state index contributed by atoms with van der Waals surface area (Å²) >= 11 is 0. The van der Waals surface area contributed by atoms with E-state index in [1.165, 1.54) is 11.5 Å². The van der Waals surface area contributed by atoms with Gasteiger partial charge in [-0.25, -0.2) is 0 Å². The van der Waals surface area contributed by atoms with Crippen LogP contribution in [-0.2, 0) is 4.79 Å². The summed E-state index contributed by atoms with van der Waals surface area (Å²) in [6.07, 6.45) is 4.26. The van der Waals surface area contributed by atoms with Crippen LogP contribution >= 0.6 is 0 Å². The predicted octanol–water partition coefficient (Wildman–Crippen LogP) is 0.962. The quantitative estimate of drug-likeness (QED) is 0.566. The van der Waals surface area contributed by atoms with Gasteiger partial charge in [0.25, 0.3) is 0 Å². The van der Waals surface area contributed by atoms with E-state index >= 15 is 0 Å². The molecule has 0 aromatic rings. The molecule has 11 heavy (non-hydrogen) atoms. The molecule has 2 heterocycles. The molecule has 0 aromatic carbocycles. The van der Waals surface area contributed by atoms with E-state index in [0.29, 0.717) is 18.6 Å². The molecule has 0 aliphatic carbocycles. The van der Waals surface area contributed by atoms with Crippen molar-refractivity contribution < 1.29 is 10.0 Å².